The topological polar surface area (TPSA) is 52.4 Å². The van der Waals surface area contributed by atoms with Gasteiger partial charge >= 0.3 is 0 Å². The lowest BCUT2D eigenvalue weighted by atomic mass is 10.2. The number of ether oxygens (including phenoxy) is 1. The zero-order chi connectivity index (χ0) is 16.1. The van der Waals surface area contributed by atoms with Crippen LogP contribution in [0.3, 0.4) is 0 Å². The Morgan fingerprint density at radius 3 is 2.48 bits per heavy atom. The molecule has 0 aliphatic carbocycles. The number of nitro groups is 1. The molecule has 1 aliphatic heterocycles. The van der Waals surface area contributed by atoms with Crippen LogP contribution in [-0.4, -0.2) is 16.4 Å². The first-order valence-corrected chi connectivity index (χ1v) is 9.52. The highest BCUT2D eigenvalue weighted by Crippen LogP contribution is 2.43. The Hall–Kier alpha value is -1.66. The molecule has 0 unspecified atom stereocenters. The molecule has 4 nitrogen and oxygen atoms in total. The van der Waals surface area contributed by atoms with Crippen LogP contribution in [0.25, 0.3) is 0 Å². The second-order valence-corrected chi connectivity index (χ2v) is 7.89. The molecule has 23 heavy (non-hydrogen) atoms. The van der Waals surface area contributed by atoms with Crippen LogP contribution in [0.2, 0.25) is 0 Å². The van der Waals surface area contributed by atoms with Gasteiger partial charge in [-0.2, -0.15) is 0 Å². The normalized spacial score (nSPS) is 15.3. The lowest BCUT2D eigenvalue weighted by molar-refractivity contribution is -0.385. The van der Waals surface area contributed by atoms with Gasteiger partial charge in [0.1, 0.15) is 12.4 Å². The highest BCUT2D eigenvalue weighted by Gasteiger charge is 2.16. The van der Waals surface area contributed by atoms with Crippen molar-refractivity contribution in [3.63, 3.8) is 0 Å². The van der Waals surface area contributed by atoms with E-state index in [0.717, 1.165) is 5.75 Å². The van der Waals surface area contributed by atoms with Crippen molar-refractivity contribution in [2.75, 3.05) is 11.5 Å². The molecular weight excluding hydrogens is 330 g/mol. The first kappa shape index (κ1) is 16.2. The second-order valence-electron chi connectivity index (χ2n) is 5.17. The zero-order valence-corrected chi connectivity index (χ0v) is 14.1. The van der Waals surface area contributed by atoms with Crippen molar-refractivity contribution in [1.29, 1.82) is 0 Å². The molecule has 0 saturated carbocycles. The summed E-state index contributed by atoms with van der Waals surface area (Å²) in [5, 5.41) is 11.0. The van der Waals surface area contributed by atoms with Crippen LogP contribution in [0, 0.1) is 10.1 Å². The van der Waals surface area contributed by atoms with E-state index in [1.165, 1.54) is 29.6 Å². The van der Waals surface area contributed by atoms with Gasteiger partial charge in [0.2, 0.25) is 0 Å². The Labute approximate surface area is 143 Å². The summed E-state index contributed by atoms with van der Waals surface area (Å²) in [6, 6.07) is 14.7. The van der Waals surface area contributed by atoms with Crippen LogP contribution in [0.4, 0.5) is 5.69 Å². The Morgan fingerprint density at radius 2 is 1.78 bits per heavy atom. The predicted molar refractivity (Wildman–Crippen MR) is 96.1 cm³/mol. The fraction of sp³-hybridized carbons (Fsp3) is 0.294. The molecule has 0 bridgehead atoms. The molecule has 1 fully saturated rings. The number of thioether (sulfide) groups is 2. The summed E-state index contributed by atoms with van der Waals surface area (Å²) in [5.41, 5.74) is 1.98. The van der Waals surface area contributed by atoms with Gasteiger partial charge in [0.25, 0.3) is 5.69 Å². The van der Waals surface area contributed by atoms with E-state index in [4.69, 9.17) is 4.74 Å². The number of nitro benzene ring substituents is 1. The molecule has 1 aliphatic rings. The smallest absolute Gasteiger partial charge is 0.276 e. The molecule has 1 saturated heterocycles. The molecule has 3 rings (SSSR count). The fourth-order valence-corrected chi connectivity index (χ4v) is 5.27. The molecule has 0 N–H and O–H groups in total. The van der Waals surface area contributed by atoms with Gasteiger partial charge < -0.3 is 4.74 Å². The van der Waals surface area contributed by atoms with Gasteiger partial charge in [-0.1, -0.05) is 24.3 Å². The summed E-state index contributed by atoms with van der Waals surface area (Å²) < 4.78 is 6.21. The Bertz CT molecular complexity index is 670. The van der Waals surface area contributed by atoms with E-state index in [1.807, 2.05) is 35.7 Å². The predicted octanol–water partition coefficient (Wildman–Crippen LogP) is 5.04. The van der Waals surface area contributed by atoms with E-state index < -0.39 is 0 Å². The van der Waals surface area contributed by atoms with Gasteiger partial charge in [-0.3, -0.25) is 10.1 Å². The quantitative estimate of drug-likeness (QED) is 0.560. The zero-order valence-electron chi connectivity index (χ0n) is 12.5. The lowest BCUT2D eigenvalue weighted by Crippen LogP contribution is -2.01. The van der Waals surface area contributed by atoms with Crippen LogP contribution in [0.5, 0.6) is 5.75 Å². The van der Waals surface area contributed by atoms with Crippen LogP contribution >= 0.6 is 23.5 Å². The Morgan fingerprint density at radius 1 is 1.09 bits per heavy atom. The summed E-state index contributed by atoms with van der Waals surface area (Å²) >= 11 is 3.97. The monoisotopic (exact) mass is 347 g/mol. The van der Waals surface area contributed by atoms with Crippen molar-refractivity contribution >= 4 is 29.2 Å². The van der Waals surface area contributed by atoms with E-state index in [-0.39, 0.29) is 17.2 Å². The largest absolute Gasteiger partial charge is 0.489 e. The molecule has 0 radical (unpaired) electrons. The van der Waals surface area contributed by atoms with Crippen LogP contribution in [-0.2, 0) is 6.61 Å². The fourth-order valence-electron chi connectivity index (χ4n) is 2.37. The van der Waals surface area contributed by atoms with Crippen molar-refractivity contribution in [2.24, 2.45) is 0 Å². The van der Waals surface area contributed by atoms with E-state index in [0.29, 0.717) is 10.1 Å². The van der Waals surface area contributed by atoms with Crippen molar-refractivity contribution in [3.8, 4) is 5.75 Å². The molecular formula is C17H17NO3S2. The highest BCUT2D eigenvalue weighted by molar-refractivity contribution is 8.16. The molecule has 6 heteroatoms. The summed E-state index contributed by atoms with van der Waals surface area (Å²) in [5.74, 6) is 3.17. The highest BCUT2D eigenvalue weighted by atomic mass is 32.2. The Balaban J connectivity index is 1.64. The number of rotatable bonds is 5. The van der Waals surface area contributed by atoms with E-state index in [2.05, 4.69) is 12.1 Å². The maximum Gasteiger partial charge on any atom is 0.276 e. The molecule has 0 aromatic heterocycles. The average Bonchev–Trinajstić information content (AvgIpc) is 2.61. The summed E-state index contributed by atoms with van der Waals surface area (Å²) in [7, 11) is 0. The Kier molecular flexibility index (Phi) is 5.46. The van der Waals surface area contributed by atoms with Crippen LogP contribution < -0.4 is 4.74 Å². The molecule has 0 spiro atoms. The third-order valence-electron chi connectivity index (χ3n) is 3.56. The van der Waals surface area contributed by atoms with Gasteiger partial charge in [0.15, 0.2) is 0 Å². The maximum absolute atomic E-state index is 11.0. The summed E-state index contributed by atoms with van der Waals surface area (Å²) in [4.78, 5) is 10.6. The number of hydrogen-bond acceptors (Lipinski definition) is 5. The SMILES string of the molecule is O=[N+]([O-])c1ccccc1COc1ccc(C2SCCCS2)cc1. The van der Waals surface area contributed by atoms with Gasteiger partial charge in [-0.15, -0.1) is 23.5 Å². The molecule has 120 valence electrons. The third kappa shape index (κ3) is 4.20. The summed E-state index contributed by atoms with van der Waals surface area (Å²) in [6.45, 7) is 0.198. The minimum atomic E-state index is -0.376. The number of para-hydroxylation sites is 1. The van der Waals surface area contributed by atoms with Gasteiger partial charge in [0, 0.05) is 6.07 Å². The molecule has 2 aromatic rings. The number of nitrogens with zero attached hydrogens (tertiary/aromatic N) is 1. The maximum atomic E-state index is 11.0. The third-order valence-corrected chi connectivity index (χ3v) is 6.58. The molecule has 1 heterocycles. The standard InChI is InChI=1S/C17H17NO3S2/c19-18(20)16-5-2-1-4-14(16)12-21-15-8-6-13(7-9-15)17-22-10-3-11-23-17/h1-2,4-9,17H,3,10-12H2. The van der Waals surface area contributed by atoms with E-state index in [9.17, 15) is 10.1 Å². The van der Waals surface area contributed by atoms with Gasteiger partial charge in [-0.25, -0.2) is 0 Å². The van der Waals surface area contributed by atoms with Crippen LogP contribution in [0.1, 0.15) is 22.1 Å². The van der Waals surface area contributed by atoms with Crippen molar-refractivity contribution in [3.05, 3.63) is 69.8 Å². The van der Waals surface area contributed by atoms with Crippen molar-refractivity contribution < 1.29 is 9.66 Å². The molecule has 0 amide bonds. The first-order chi connectivity index (χ1) is 11.2. The number of benzene rings is 2. The average molecular weight is 347 g/mol. The minimum absolute atomic E-state index is 0.0964. The number of hydrogen-bond donors (Lipinski definition) is 0. The van der Waals surface area contributed by atoms with E-state index in [1.54, 1.807) is 18.2 Å². The first-order valence-electron chi connectivity index (χ1n) is 7.42. The molecule has 2 aromatic carbocycles. The van der Waals surface area contributed by atoms with Gasteiger partial charge in [0.05, 0.1) is 15.1 Å². The molecule has 0 atom stereocenters. The van der Waals surface area contributed by atoms with Crippen molar-refractivity contribution in [2.45, 2.75) is 17.6 Å². The van der Waals surface area contributed by atoms with Crippen LogP contribution in [0.15, 0.2) is 48.5 Å². The summed E-state index contributed by atoms with van der Waals surface area (Å²) in [6.07, 6.45) is 1.28. The van der Waals surface area contributed by atoms with Gasteiger partial charge in [-0.05, 0) is 41.7 Å². The van der Waals surface area contributed by atoms with E-state index >= 15 is 0 Å². The second kappa shape index (κ2) is 7.75. The minimum Gasteiger partial charge on any atom is -0.489 e. The van der Waals surface area contributed by atoms with Crippen molar-refractivity contribution in [1.82, 2.24) is 0 Å². The lowest BCUT2D eigenvalue weighted by Gasteiger charge is -2.21.